The van der Waals surface area contributed by atoms with Crippen LogP contribution in [0.4, 0.5) is 11.4 Å². The van der Waals surface area contributed by atoms with Gasteiger partial charge >= 0.3 is 0 Å². The molecule has 0 spiro atoms. The molecule has 4 aromatic carbocycles. The average molecular weight is 571 g/mol. The monoisotopic (exact) mass is 570 g/mol. The first-order valence-corrected chi connectivity index (χ1v) is 15.9. The quantitative estimate of drug-likeness (QED) is 0.236. The number of rotatable bonds is 2. The first-order chi connectivity index (χ1) is 19.3. The van der Waals surface area contributed by atoms with Crippen LogP contribution < -0.4 is 25.7 Å². The summed E-state index contributed by atoms with van der Waals surface area (Å²) in [7, 11) is 2.61. The molecule has 0 saturated carbocycles. The second kappa shape index (κ2) is 10.4. The highest BCUT2D eigenvalue weighted by Crippen LogP contribution is 2.55. The summed E-state index contributed by atoms with van der Waals surface area (Å²) in [5, 5.41) is 2.97. The van der Waals surface area contributed by atoms with Crippen molar-refractivity contribution in [2.75, 3.05) is 44.1 Å². The largest absolute Gasteiger partial charge is 0.374 e. The van der Waals surface area contributed by atoms with Crippen LogP contribution in [0.3, 0.4) is 0 Å². The first-order valence-electron chi connectivity index (χ1n) is 13.9. The van der Waals surface area contributed by atoms with Crippen molar-refractivity contribution in [3.63, 3.8) is 0 Å². The van der Waals surface area contributed by atoms with Gasteiger partial charge in [0, 0.05) is 60.4 Å². The average Bonchev–Trinajstić information content (AvgIpc) is 3.51. The topological polar surface area (TPSA) is 32.8 Å². The molecule has 4 aromatic rings. The van der Waals surface area contributed by atoms with Gasteiger partial charge in [0.15, 0.2) is 7.14 Å². The SMILES string of the molecule is COCl.Cc1cccc(C)c1C1c2cc3c(cc2P(=O)(c2ccccc2)c2cc4c(cc21)CCN4C)N(C)CC3. The normalized spacial score (nSPS) is 20.3. The second-order valence-corrected chi connectivity index (χ2v) is 14.3. The fourth-order valence-electron chi connectivity index (χ4n) is 7.03. The zero-order valence-corrected chi connectivity index (χ0v) is 25.5. The maximum atomic E-state index is 15.8. The van der Waals surface area contributed by atoms with E-state index < -0.39 is 7.14 Å². The number of hydrogen-bond donors (Lipinski definition) is 0. The summed E-state index contributed by atoms with van der Waals surface area (Å²) >= 11 is 4.50. The molecule has 0 fully saturated rings. The maximum absolute atomic E-state index is 15.8. The summed E-state index contributed by atoms with van der Waals surface area (Å²) in [6.45, 7) is 6.48. The van der Waals surface area contributed by atoms with Crippen molar-refractivity contribution in [1.82, 2.24) is 0 Å². The summed E-state index contributed by atoms with van der Waals surface area (Å²) in [4.78, 5) is 4.65. The minimum absolute atomic E-state index is 0.0735. The van der Waals surface area contributed by atoms with Gasteiger partial charge < -0.3 is 14.4 Å². The Hall–Kier alpha value is -3.04. The van der Waals surface area contributed by atoms with Crippen molar-refractivity contribution in [3.8, 4) is 0 Å². The van der Waals surface area contributed by atoms with Crippen LogP contribution in [0.1, 0.15) is 44.9 Å². The Morgan fingerprint density at radius 2 is 1.25 bits per heavy atom. The fourth-order valence-corrected chi connectivity index (χ4v) is 10.2. The molecule has 0 bridgehead atoms. The van der Waals surface area contributed by atoms with Crippen molar-refractivity contribution in [2.24, 2.45) is 0 Å². The first kappa shape index (κ1) is 27.1. The number of halogens is 1. The number of anilines is 2. The Bertz CT molecular complexity index is 1560. The van der Waals surface area contributed by atoms with Gasteiger partial charge in [0.1, 0.15) is 0 Å². The molecule has 3 aliphatic heterocycles. The van der Waals surface area contributed by atoms with E-state index in [0.29, 0.717) is 0 Å². The zero-order chi connectivity index (χ0) is 28.2. The van der Waals surface area contributed by atoms with Crippen molar-refractivity contribution < 1.29 is 8.85 Å². The third-order valence-electron chi connectivity index (χ3n) is 8.96. The number of benzene rings is 4. The molecule has 0 aliphatic carbocycles. The molecule has 0 radical (unpaired) electrons. The van der Waals surface area contributed by atoms with Gasteiger partial charge in [0.25, 0.3) is 0 Å². The third-order valence-corrected chi connectivity index (χ3v) is 12.1. The summed E-state index contributed by atoms with van der Waals surface area (Å²) in [5.41, 5.74) is 11.6. The van der Waals surface area contributed by atoms with Gasteiger partial charge in [-0.15, -0.1) is 0 Å². The van der Waals surface area contributed by atoms with Gasteiger partial charge in [-0.1, -0.05) is 60.7 Å². The van der Waals surface area contributed by atoms with Gasteiger partial charge in [0.2, 0.25) is 0 Å². The predicted molar refractivity (Wildman–Crippen MR) is 170 cm³/mol. The lowest BCUT2D eigenvalue weighted by molar-refractivity contribution is 0.463. The number of nitrogens with zero attached hydrogens (tertiary/aromatic N) is 2. The molecule has 0 saturated heterocycles. The number of aryl methyl sites for hydroxylation is 2. The molecular formula is C34H36ClN2O2P. The lowest BCUT2D eigenvalue weighted by Gasteiger charge is -2.37. The fraction of sp³-hybridized carbons (Fsp3) is 0.294. The van der Waals surface area contributed by atoms with E-state index in [1.807, 2.05) is 18.2 Å². The zero-order valence-electron chi connectivity index (χ0n) is 23.9. The third kappa shape index (κ3) is 4.12. The van der Waals surface area contributed by atoms with Gasteiger partial charge in [0.05, 0.1) is 19.0 Å². The Morgan fingerprint density at radius 3 is 1.73 bits per heavy atom. The molecule has 7 rings (SSSR count). The Labute approximate surface area is 243 Å². The highest BCUT2D eigenvalue weighted by Gasteiger charge is 2.44. The molecule has 206 valence electrons. The van der Waals surface area contributed by atoms with Crippen molar-refractivity contribution in [3.05, 3.63) is 112 Å². The lowest BCUT2D eigenvalue weighted by Crippen LogP contribution is -2.37. The molecule has 6 heteroatoms. The van der Waals surface area contributed by atoms with Crippen LogP contribution in [-0.2, 0) is 21.7 Å². The molecule has 0 N–H and O–H groups in total. The summed E-state index contributed by atoms with van der Waals surface area (Å²) < 4.78 is 19.5. The van der Waals surface area contributed by atoms with Crippen LogP contribution >= 0.6 is 19.0 Å². The van der Waals surface area contributed by atoms with E-state index >= 15 is 4.57 Å². The van der Waals surface area contributed by atoms with Gasteiger partial charge in [-0.3, -0.25) is 4.29 Å². The number of fused-ring (bicyclic) bond motifs is 4. The van der Waals surface area contributed by atoms with Crippen LogP contribution in [0.25, 0.3) is 0 Å². The molecule has 0 aromatic heterocycles. The van der Waals surface area contributed by atoms with Crippen molar-refractivity contribution >= 4 is 46.3 Å². The van der Waals surface area contributed by atoms with E-state index in [1.54, 1.807) is 0 Å². The van der Waals surface area contributed by atoms with E-state index in [2.05, 4.69) is 108 Å². The second-order valence-electron chi connectivity index (χ2n) is 11.3. The Balaban J connectivity index is 0.000000925. The van der Waals surface area contributed by atoms with Crippen LogP contribution in [0.15, 0.2) is 72.8 Å². The van der Waals surface area contributed by atoms with Gasteiger partial charge in [-0.2, -0.15) is 0 Å². The van der Waals surface area contributed by atoms with E-state index in [-0.39, 0.29) is 5.92 Å². The smallest absolute Gasteiger partial charge is 0.171 e. The molecule has 3 heterocycles. The highest BCUT2D eigenvalue weighted by molar-refractivity contribution is 7.85. The summed E-state index contributed by atoms with van der Waals surface area (Å²) in [6, 6.07) is 26.2. The minimum Gasteiger partial charge on any atom is -0.374 e. The molecule has 3 aliphatic rings. The van der Waals surface area contributed by atoms with E-state index in [0.717, 1.165) is 41.8 Å². The van der Waals surface area contributed by atoms with Crippen molar-refractivity contribution in [2.45, 2.75) is 32.6 Å². The van der Waals surface area contributed by atoms with Gasteiger partial charge in [-0.05, 0) is 77.8 Å². The van der Waals surface area contributed by atoms with E-state index in [1.165, 1.54) is 57.4 Å². The molecule has 40 heavy (non-hydrogen) atoms. The van der Waals surface area contributed by atoms with Crippen LogP contribution in [0.5, 0.6) is 0 Å². The minimum atomic E-state index is -3.10. The number of likely N-dealkylation sites (N-methyl/N-ethyl adjacent to an activating group) is 2. The lowest BCUT2D eigenvalue weighted by atomic mass is 9.79. The summed E-state index contributed by atoms with van der Waals surface area (Å²) in [6.07, 6.45) is 2.08. The van der Waals surface area contributed by atoms with Crippen LogP contribution in [0, 0.1) is 13.8 Å². The number of hydrogen-bond acceptors (Lipinski definition) is 4. The molecule has 0 amide bonds. The van der Waals surface area contributed by atoms with E-state index in [9.17, 15) is 0 Å². The molecular weight excluding hydrogens is 535 g/mol. The molecule has 4 nitrogen and oxygen atoms in total. The predicted octanol–water partition coefficient (Wildman–Crippen LogP) is 6.21. The van der Waals surface area contributed by atoms with Gasteiger partial charge in [-0.25, -0.2) is 0 Å². The maximum Gasteiger partial charge on any atom is 0.171 e. The summed E-state index contributed by atoms with van der Waals surface area (Å²) in [5.74, 6) is 0.0735. The Kier molecular flexibility index (Phi) is 7.07. The Morgan fingerprint density at radius 1 is 0.775 bits per heavy atom. The highest BCUT2D eigenvalue weighted by atomic mass is 35.5. The van der Waals surface area contributed by atoms with Crippen LogP contribution in [-0.4, -0.2) is 34.3 Å². The van der Waals surface area contributed by atoms with Crippen LogP contribution in [0.2, 0.25) is 0 Å². The standard InChI is InChI=1S/C33H33N2OP.CH3ClO/c1-21-9-8-10-22(2)32(21)33-26-17-23-13-15-34(3)28(23)19-30(26)37(36,25-11-6-5-7-12-25)31-20-29-24(18-27(31)33)14-16-35(29)4;1-3-2/h5-12,17-20,33H,13-16H2,1-4H3;1H3. The van der Waals surface area contributed by atoms with Crippen molar-refractivity contribution in [1.29, 1.82) is 0 Å². The van der Waals surface area contributed by atoms with E-state index in [4.69, 9.17) is 0 Å². The molecule has 0 atom stereocenters. The molecule has 0 unspecified atom stereocenters.